The number of unbranched alkanes of at least 4 members (excludes halogenated alkanes) is 10. The standard InChI is InChI=1S/C80H143N3O27/c1-5-6-7-8-9-10-11-12-13-14-17-22-86-23-24-87-25-26-88-27-28-89-29-30-90-31-32-91-33-34-92-35-36-93-37-38-94-39-40-95-41-42-96-43-44-97-45-46-98-47-48-99-49-50-100-51-52-101-53-54-102-55-56-103-57-58-104-59-60-105-61-62-106-63-64-107-65-66-108-67-68-109-69-70-110-78(84)21-20-73-71-74(80(2,3)4)79(85)77(72-73)83-81-75-18-15-16-19-76(75)82-83/h15-16,18-19,71-72,85H,5-14,17,20-70H2,1-4H3. The maximum absolute atomic E-state index is 12.6. The molecule has 110 heavy (non-hydrogen) atoms. The van der Waals surface area contributed by atoms with Crippen LogP contribution in [0.4, 0.5) is 0 Å². The topological polar surface area (TPSA) is 299 Å². The van der Waals surface area contributed by atoms with Gasteiger partial charge in [0.2, 0.25) is 0 Å². The molecule has 0 aliphatic heterocycles. The summed E-state index contributed by atoms with van der Waals surface area (Å²) in [4.78, 5) is 14.0. The first-order valence-corrected chi connectivity index (χ1v) is 40.5. The highest BCUT2D eigenvalue weighted by molar-refractivity contribution is 5.74. The van der Waals surface area contributed by atoms with Gasteiger partial charge in [0.1, 0.15) is 29.1 Å². The number of fused-ring (bicyclic) bond motifs is 1. The summed E-state index contributed by atoms with van der Waals surface area (Å²) in [7, 11) is 0. The summed E-state index contributed by atoms with van der Waals surface area (Å²) in [6.07, 6.45) is 15.4. The normalized spacial score (nSPS) is 11.9. The van der Waals surface area contributed by atoms with Gasteiger partial charge in [-0.05, 0) is 42.0 Å². The molecule has 0 saturated heterocycles. The van der Waals surface area contributed by atoms with E-state index in [4.69, 9.17) is 118 Å². The van der Waals surface area contributed by atoms with Gasteiger partial charge in [0.15, 0.2) is 0 Å². The van der Waals surface area contributed by atoms with Gasteiger partial charge in [-0.25, -0.2) is 0 Å². The van der Waals surface area contributed by atoms with E-state index in [2.05, 4.69) is 17.1 Å². The Morgan fingerprint density at radius 3 is 0.764 bits per heavy atom. The van der Waals surface area contributed by atoms with Crippen LogP contribution in [0.15, 0.2) is 36.4 Å². The number of phenolic OH excluding ortho intramolecular Hbond substituents is 1. The third-order valence-electron chi connectivity index (χ3n) is 16.0. The molecule has 0 unspecified atom stereocenters. The molecule has 3 rings (SSSR count). The summed E-state index contributed by atoms with van der Waals surface area (Å²) in [6, 6.07) is 11.3. The van der Waals surface area contributed by atoms with Gasteiger partial charge in [-0.15, -0.1) is 15.0 Å². The Kier molecular flexibility index (Phi) is 70.9. The summed E-state index contributed by atoms with van der Waals surface area (Å²) < 4.78 is 139. The molecule has 1 N–H and O–H groups in total. The van der Waals surface area contributed by atoms with E-state index in [1.165, 1.54) is 69.0 Å². The Morgan fingerprint density at radius 2 is 0.527 bits per heavy atom. The van der Waals surface area contributed by atoms with Gasteiger partial charge in [-0.3, -0.25) is 4.79 Å². The molecule has 640 valence electrons. The summed E-state index contributed by atoms with van der Waals surface area (Å²) in [5.74, 6) is -0.222. The zero-order valence-electron chi connectivity index (χ0n) is 67.7. The molecule has 0 aliphatic rings. The molecule has 0 spiro atoms. The second kappa shape index (κ2) is 77.7. The Morgan fingerprint density at radius 1 is 0.309 bits per heavy atom. The third-order valence-corrected chi connectivity index (χ3v) is 16.0. The molecule has 0 saturated carbocycles. The lowest BCUT2D eigenvalue weighted by atomic mass is 9.84. The SMILES string of the molecule is CCCCCCCCCCCCCOCCOCCOCCOCCOCCOCCOCCOCCOCCOCCOCCOCCOCCOCCOCCOCCOCCOCCOCCOCCOCCOCCOCCOCCOC(=O)CCc1cc(-n2nc3ccccc3n2)c(O)c(C(C)(C)C)c1. The molecule has 2 aromatic carbocycles. The highest BCUT2D eigenvalue weighted by Gasteiger charge is 2.24. The van der Waals surface area contributed by atoms with Gasteiger partial charge < -0.3 is 124 Å². The number of hydrogen-bond acceptors (Lipinski definition) is 29. The number of esters is 1. The van der Waals surface area contributed by atoms with Crippen LogP contribution >= 0.6 is 0 Å². The van der Waals surface area contributed by atoms with Crippen LogP contribution in [0.1, 0.15) is 116 Å². The first-order valence-electron chi connectivity index (χ1n) is 40.5. The van der Waals surface area contributed by atoms with Gasteiger partial charge in [0.05, 0.1) is 311 Å². The molecule has 1 heterocycles. The lowest BCUT2D eigenvalue weighted by Crippen LogP contribution is -2.16. The van der Waals surface area contributed by atoms with Crippen molar-refractivity contribution >= 4 is 17.0 Å². The minimum atomic E-state index is -0.350. The van der Waals surface area contributed by atoms with Gasteiger partial charge >= 0.3 is 5.97 Å². The number of benzene rings is 2. The molecule has 0 amide bonds. The van der Waals surface area contributed by atoms with Crippen LogP contribution in [0, 0.1) is 0 Å². The number of carbonyl (C=O) groups is 1. The first-order chi connectivity index (χ1) is 54.3. The van der Waals surface area contributed by atoms with Crippen molar-refractivity contribution in [2.45, 2.75) is 117 Å². The molecule has 30 heteroatoms. The Balaban J connectivity index is 0.865. The molecule has 0 aliphatic carbocycles. The van der Waals surface area contributed by atoms with E-state index in [-0.39, 0.29) is 36.8 Å². The Hall–Kier alpha value is -3.85. The molecule has 3 aromatic rings. The molecule has 0 bridgehead atoms. The van der Waals surface area contributed by atoms with Crippen LogP contribution in [-0.4, -0.2) is 350 Å². The summed E-state index contributed by atoms with van der Waals surface area (Å²) >= 11 is 0. The second-order valence-corrected chi connectivity index (χ2v) is 26.2. The zero-order chi connectivity index (χ0) is 78.3. The van der Waals surface area contributed by atoms with E-state index >= 15 is 0 Å². The van der Waals surface area contributed by atoms with Crippen molar-refractivity contribution in [2.24, 2.45) is 0 Å². The average molecular weight is 1580 g/mol. The molecular formula is C80H143N3O27. The number of aromatic nitrogens is 3. The van der Waals surface area contributed by atoms with E-state index in [9.17, 15) is 9.90 Å². The largest absolute Gasteiger partial charge is 0.505 e. The monoisotopic (exact) mass is 1580 g/mol. The van der Waals surface area contributed by atoms with E-state index in [1.807, 2.05) is 57.2 Å². The second-order valence-electron chi connectivity index (χ2n) is 26.2. The Bertz CT molecular complexity index is 2400. The average Bonchev–Trinajstić information content (AvgIpc) is 1.54. The first kappa shape index (κ1) is 100. The highest BCUT2D eigenvalue weighted by atomic mass is 16.6. The lowest BCUT2D eigenvalue weighted by Gasteiger charge is -2.23. The Labute approximate surface area is 657 Å². The number of nitrogens with zero attached hydrogens (tertiary/aromatic N) is 3. The van der Waals surface area contributed by atoms with Crippen LogP contribution in [0.3, 0.4) is 0 Å². The van der Waals surface area contributed by atoms with Crippen LogP contribution in [0.5, 0.6) is 5.75 Å². The minimum absolute atomic E-state index is 0.113. The third kappa shape index (κ3) is 63.5. The van der Waals surface area contributed by atoms with Gasteiger partial charge in [-0.2, -0.15) is 0 Å². The van der Waals surface area contributed by atoms with Crippen LogP contribution in [0.2, 0.25) is 0 Å². The lowest BCUT2D eigenvalue weighted by molar-refractivity contribution is -0.145. The van der Waals surface area contributed by atoms with E-state index < -0.39 is 0 Å². The van der Waals surface area contributed by atoms with Crippen molar-refractivity contribution in [3.05, 3.63) is 47.5 Å². The van der Waals surface area contributed by atoms with E-state index in [0.717, 1.165) is 35.2 Å². The molecule has 0 atom stereocenters. The fraction of sp³-hybridized carbons (Fsp3) is 0.838. The maximum atomic E-state index is 12.6. The zero-order valence-corrected chi connectivity index (χ0v) is 67.7. The van der Waals surface area contributed by atoms with Gasteiger partial charge in [-0.1, -0.05) is 110 Å². The number of aromatic hydroxyl groups is 1. The van der Waals surface area contributed by atoms with Crippen LogP contribution < -0.4 is 0 Å². The van der Waals surface area contributed by atoms with Crippen LogP contribution in [0.25, 0.3) is 16.7 Å². The fourth-order valence-corrected chi connectivity index (χ4v) is 10.1. The van der Waals surface area contributed by atoms with E-state index in [0.29, 0.717) is 316 Å². The van der Waals surface area contributed by atoms with Crippen molar-refractivity contribution in [1.82, 2.24) is 15.0 Å². The fourth-order valence-electron chi connectivity index (χ4n) is 10.1. The predicted octanol–water partition coefficient (Wildman–Crippen LogP) is 8.61. The van der Waals surface area contributed by atoms with Crippen molar-refractivity contribution in [1.29, 1.82) is 0 Å². The van der Waals surface area contributed by atoms with Gasteiger partial charge in [0, 0.05) is 18.6 Å². The van der Waals surface area contributed by atoms with E-state index in [1.54, 1.807) is 0 Å². The quantitative estimate of drug-likeness (QED) is 0.0408. The van der Waals surface area contributed by atoms with Crippen molar-refractivity contribution < 1.29 is 128 Å². The van der Waals surface area contributed by atoms with Crippen molar-refractivity contribution in [3.8, 4) is 11.4 Å². The maximum Gasteiger partial charge on any atom is 0.306 e. The number of phenols is 1. The molecular weight excluding hydrogens is 1430 g/mol. The van der Waals surface area contributed by atoms with Crippen molar-refractivity contribution in [2.75, 3.05) is 324 Å². The van der Waals surface area contributed by atoms with Crippen molar-refractivity contribution in [3.63, 3.8) is 0 Å². The number of aryl methyl sites for hydroxylation is 1. The number of ether oxygens (including phenoxy) is 25. The molecule has 30 nitrogen and oxygen atoms in total. The highest BCUT2D eigenvalue weighted by Crippen LogP contribution is 2.36. The summed E-state index contributed by atoms with van der Waals surface area (Å²) in [5, 5.41) is 20.3. The number of rotatable bonds is 88. The van der Waals surface area contributed by atoms with Crippen LogP contribution in [-0.2, 0) is 135 Å². The predicted molar refractivity (Wildman–Crippen MR) is 415 cm³/mol. The molecule has 0 radical (unpaired) electrons. The van der Waals surface area contributed by atoms with Gasteiger partial charge in [0.25, 0.3) is 0 Å². The number of carbonyl (C=O) groups excluding carboxylic acids is 1. The summed E-state index contributed by atoms with van der Waals surface area (Å²) in [6.45, 7) is 31.8. The smallest absolute Gasteiger partial charge is 0.306 e. The molecule has 1 aromatic heterocycles. The summed E-state index contributed by atoms with van der Waals surface area (Å²) in [5.41, 5.74) is 3.17. The minimum Gasteiger partial charge on any atom is -0.505 e. The molecule has 0 fully saturated rings. The number of hydrogen-bond donors (Lipinski definition) is 1.